The zero-order valence-electron chi connectivity index (χ0n) is 5.90. The van der Waals surface area contributed by atoms with Crippen LogP contribution >= 0.6 is 0 Å². The van der Waals surface area contributed by atoms with Gasteiger partial charge in [0.05, 0.1) is 12.7 Å². The molecule has 0 fully saturated rings. The number of hydrogen-bond acceptors (Lipinski definition) is 4. The summed E-state index contributed by atoms with van der Waals surface area (Å²) in [7, 11) is 0. The molecule has 0 atom stereocenters. The standard InChI is InChI=1S/C6H8O5/c1-2-11-6(10)4(7)3-5(8)9/h3,7H,2H2,1H3,(H,8,9). The van der Waals surface area contributed by atoms with Crippen LogP contribution in [0.3, 0.4) is 0 Å². The Kier molecular flexibility index (Phi) is 3.72. The largest absolute Gasteiger partial charge is 0.502 e. The molecule has 11 heavy (non-hydrogen) atoms. The number of ether oxygens (including phenoxy) is 1. The average molecular weight is 160 g/mol. The van der Waals surface area contributed by atoms with Crippen LogP contribution in [0.4, 0.5) is 0 Å². The van der Waals surface area contributed by atoms with E-state index in [0.717, 1.165) is 0 Å². The van der Waals surface area contributed by atoms with E-state index in [1.807, 2.05) is 0 Å². The van der Waals surface area contributed by atoms with Crippen LogP contribution in [0.25, 0.3) is 0 Å². The topological polar surface area (TPSA) is 83.8 Å². The average Bonchev–Trinajstić information content (AvgIpc) is 1.86. The zero-order chi connectivity index (χ0) is 8.85. The first-order valence-corrected chi connectivity index (χ1v) is 2.88. The summed E-state index contributed by atoms with van der Waals surface area (Å²) in [4.78, 5) is 20.3. The molecule has 0 heterocycles. The highest BCUT2D eigenvalue weighted by Gasteiger charge is 2.08. The molecular formula is C6H8O5. The van der Waals surface area contributed by atoms with Crippen molar-refractivity contribution in [2.75, 3.05) is 6.61 Å². The van der Waals surface area contributed by atoms with Gasteiger partial charge in [-0.15, -0.1) is 0 Å². The summed E-state index contributed by atoms with van der Waals surface area (Å²) in [5.74, 6) is -3.33. The van der Waals surface area contributed by atoms with E-state index < -0.39 is 17.7 Å². The third-order valence-electron chi connectivity index (χ3n) is 0.745. The number of carbonyl (C=O) groups excluding carboxylic acids is 1. The number of aliphatic hydroxyl groups is 1. The minimum atomic E-state index is -1.39. The van der Waals surface area contributed by atoms with Crippen molar-refractivity contribution in [3.63, 3.8) is 0 Å². The summed E-state index contributed by atoms with van der Waals surface area (Å²) in [5.41, 5.74) is 0. The van der Waals surface area contributed by atoms with Crippen LogP contribution < -0.4 is 0 Å². The molecule has 0 bridgehead atoms. The highest BCUT2D eigenvalue weighted by molar-refractivity contribution is 5.93. The molecule has 5 nitrogen and oxygen atoms in total. The van der Waals surface area contributed by atoms with Gasteiger partial charge in [-0.2, -0.15) is 0 Å². The summed E-state index contributed by atoms with van der Waals surface area (Å²) in [6.07, 6.45) is 0.373. The Labute approximate surface area is 62.9 Å². The molecule has 0 unspecified atom stereocenters. The van der Waals surface area contributed by atoms with Crippen molar-refractivity contribution in [3.05, 3.63) is 11.8 Å². The van der Waals surface area contributed by atoms with Crippen molar-refractivity contribution in [3.8, 4) is 0 Å². The van der Waals surface area contributed by atoms with Crippen LogP contribution in [-0.4, -0.2) is 28.8 Å². The van der Waals surface area contributed by atoms with E-state index in [9.17, 15) is 9.59 Å². The van der Waals surface area contributed by atoms with E-state index >= 15 is 0 Å². The maximum atomic E-state index is 10.5. The molecule has 0 saturated heterocycles. The molecule has 0 saturated carbocycles. The van der Waals surface area contributed by atoms with Gasteiger partial charge in [0.1, 0.15) is 0 Å². The van der Waals surface area contributed by atoms with Gasteiger partial charge in [-0.25, -0.2) is 9.59 Å². The van der Waals surface area contributed by atoms with Crippen LogP contribution in [-0.2, 0) is 14.3 Å². The number of carbonyl (C=O) groups is 2. The predicted octanol–water partition coefficient (Wildman–Crippen LogP) is 0.0760. The number of rotatable bonds is 3. The Morgan fingerprint density at radius 3 is 2.36 bits per heavy atom. The first-order valence-electron chi connectivity index (χ1n) is 2.88. The molecule has 0 aliphatic heterocycles. The third-order valence-corrected chi connectivity index (χ3v) is 0.745. The summed E-state index contributed by atoms with van der Waals surface area (Å²) in [5, 5.41) is 16.7. The minimum Gasteiger partial charge on any atom is -0.502 e. The van der Waals surface area contributed by atoms with E-state index in [-0.39, 0.29) is 6.61 Å². The molecule has 0 aliphatic rings. The van der Waals surface area contributed by atoms with Crippen molar-refractivity contribution < 1.29 is 24.5 Å². The lowest BCUT2D eigenvalue weighted by Crippen LogP contribution is -2.08. The number of esters is 1. The fourth-order valence-corrected chi connectivity index (χ4v) is 0.381. The first kappa shape index (κ1) is 9.48. The molecule has 0 aromatic rings. The first-order chi connectivity index (χ1) is 5.07. The summed E-state index contributed by atoms with van der Waals surface area (Å²) >= 11 is 0. The smallest absolute Gasteiger partial charge is 0.373 e. The van der Waals surface area contributed by atoms with Crippen molar-refractivity contribution in [2.24, 2.45) is 0 Å². The summed E-state index contributed by atoms with van der Waals surface area (Å²) < 4.78 is 4.28. The van der Waals surface area contributed by atoms with Crippen molar-refractivity contribution in [1.29, 1.82) is 0 Å². The number of carboxylic acid groups (broad SMARTS) is 1. The van der Waals surface area contributed by atoms with Crippen LogP contribution in [0.5, 0.6) is 0 Å². The van der Waals surface area contributed by atoms with E-state index in [1.165, 1.54) is 0 Å². The maximum absolute atomic E-state index is 10.5. The summed E-state index contributed by atoms with van der Waals surface area (Å²) in [6.45, 7) is 1.64. The van der Waals surface area contributed by atoms with Gasteiger partial charge in [-0.05, 0) is 6.92 Å². The second-order valence-electron chi connectivity index (χ2n) is 1.59. The molecule has 0 radical (unpaired) electrons. The quantitative estimate of drug-likeness (QED) is 0.347. The second-order valence-corrected chi connectivity index (χ2v) is 1.59. The van der Waals surface area contributed by atoms with Gasteiger partial charge in [0.25, 0.3) is 0 Å². The Morgan fingerprint density at radius 1 is 1.45 bits per heavy atom. The molecule has 2 N–H and O–H groups in total. The van der Waals surface area contributed by atoms with Gasteiger partial charge >= 0.3 is 11.9 Å². The molecule has 62 valence electrons. The highest BCUT2D eigenvalue weighted by Crippen LogP contribution is 1.91. The van der Waals surface area contributed by atoms with Gasteiger partial charge in [0.15, 0.2) is 0 Å². The normalized spacial score (nSPS) is 10.8. The predicted molar refractivity (Wildman–Crippen MR) is 35.0 cm³/mol. The molecule has 0 amide bonds. The number of carboxylic acids is 1. The molecule has 5 heteroatoms. The van der Waals surface area contributed by atoms with E-state index in [4.69, 9.17) is 10.2 Å². The fourth-order valence-electron chi connectivity index (χ4n) is 0.381. The second kappa shape index (κ2) is 4.32. The van der Waals surface area contributed by atoms with Gasteiger partial charge in [-0.3, -0.25) is 0 Å². The molecule has 0 aromatic heterocycles. The number of aliphatic hydroxyl groups excluding tert-OH is 1. The maximum Gasteiger partial charge on any atom is 0.373 e. The van der Waals surface area contributed by atoms with Gasteiger partial charge in [0, 0.05) is 0 Å². The molecule has 0 aromatic carbocycles. The highest BCUT2D eigenvalue weighted by atomic mass is 16.5. The number of hydrogen-bond donors (Lipinski definition) is 2. The monoisotopic (exact) mass is 160 g/mol. The lowest BCUT2D eigenvalue weighted by atomic mass is 10.4. The third kappa shape index (κ3) is 3.96. The molecular weight excluding hydrogens is 152 g/mol. The van der Waals surface area contributed by atoms with Gasteiger partial charge in [-0.1, -0.05) is 0 Å². The summed E-state index contributed by atoms with van der Waals surface area (Å²) in [6, 6.07) is 0. The van der Waals surface area contributed by atoms with Crippen molar-refractivity contribution in [1.82, 2.24) is 0 Å². The van der Waals surface area contributed by atoms with Gasteiger partial charge < -0.3 is 14.9 Å². The van der Waals surface area contributed by atoms with E-state index in [2.05, 4.69) is 4.74 Å². The Balaban J connectivity index is 4.12. The Bertz CT molecular complexity index is 193. The zero-order valence-corrected chi connectivity index (χ0v) is 5.90. The Morgan fingerprint density at radius 2 is 2.00 bits per heavy atom. The lowest BCUT2D eigenvalue weighted by Gasteiger charge is -1.97. The van der Waals surface area contributed by atoms with Crippen LogP contribution in [0.2, 0.25) is 0 Å². The number of aliphatic carboxylic acids is 1. The fraction of sp³-hybridized carbons (Fsp3) is 0.333. The van der Waals surface area contributed by atoms with Crippen LogP contribution in [0.1, 0.15) is 6.92 Å². The Hall–Kier alpha value is -1.52. The molecule has 0 aliphatic carbocycles. The molecule has 0 spiro atoms. The van der Waals surface area contributed by atoms with Crippen molar-refractivity contribution >= 4 is 11.9 Å². The van der Waals surface area contributed by atoms with Gasteiger partial charge in [0.2, 0.25) is 5.76 Å². The SMILES string of the molecule is CCOC(=O)C(O)=CC(=O)O. The van der Waals surface area contributed by atoms with E-state index in [1.54, 1.807) is 6.92 Å². The van der Waals surface area contributed by atoms with E-state index in [0.29, 0.717) is 6.08 Å². The lowest BCUT2D eigenvalue weighted by molar-refractivity contribution is -0.142. The van der Waals surface area contributed by atoms with Crippen molar-refractivity contribution in [2.45, 2.75) is 6.92 Å². The van der Waals surface area contributed by atoms with Crippen LogP contribution in [0, 0.1) is 0 Å². The van der Waals surface area contributed by atoms with Crippen LogP contribution in [0.15, 0.2) is 11.8 Å². The molecule has 0 rings (SSSR count). The minimum absolute atomic E-state index is 0.0936.